The van der Waals surface area contributed by atoms with Crippen LogP contribution in [0, 0.1) is 5.16 Å². The molecular weight excluding hydrogens is 421 g/mol. The second-order valence-corrected chi connectivity index (χ2v) is 7.76. The van der Waals surface area contributed by atoms with Crippen molar-refractivity contribution in [1.82, 2.24) is 0 Å². The molecule has 0 aromatic heterocycles. The van der Waals surface area contributed by atoms with E-state index in [9.17, 15) is 9.59 Å². The van der Waals surface area contributed by atoms with Gasteiger partial charge in [0.1, 0.15) is 0 Å². The standard InChI is InChI=1S/C26H19NO4P/c27-32(30-23-15-11-21(12-16-23)25(28)19-7-3-1-4-8-19)31-24-17-13-22(14-18-24)26(29)20-9-5-2-6-10-20/h1-18,27H/q+1. The van der Waals surface area contributed by atoms with Crippen LogP contribution in [0.1, 0.15) is 31.8 Å². The Hall–Kier alpha value is -4.08. The van der Waals surface area contributed by atoms with Crippen LogP contribution in [0.25, 0.3) is 0 Å². The summed E-state index contributed by atoms with van der Waals surface area (Å²) in [5.74, 6) is 0.719. The minimum absolute atomic E-state index is 0.0772. The molecule has 0 aliphatic heterocycles. The van der Waals surface area contributed by atoms with E-state index in [1.54, 1.807) is 72.8 Å². The first-order valence-electron chi connectivity index (χ1n) is 9.87. The summed E-state index contributed by atoms with van der Waals surface area (Å²) in [6, 6.07) is 31.3. The van der Waals surface area contributed by atoms with Gasteiger partial charge in [-0.05, 0) is 53.7 Å². The summed E-state index contributed by atoms with van der Waals surface area (Å²) in [6.45, 7) is 0. The van der Waals surface area contributed by atoms with E-state index in [1.165, 1.54) is 0 Å². The zero-order valence-electron chi connectivity index (χ0n) is 17.0. The Bertz CT molecular complexity index is 1140. The van der Waals surface area contributed by atoms with Gasteiger partial charge in [-0.1, -0.05) is 60.7 Å². The molecule has 0 bridgehead atoms. The SMILES string of the molecule is N=[P+](Oc1ccc(C(=O)c2ccccc2)cc1)Oc1ccc(C(=O)c2ccccc2)cc1. The van der Waals surface area contributed by atoms with Crippen LogP contribution in [-0.4, -0.2) is 11.6 Å². The monoisotopic (exact) mass is 440 g/mol. The average molecular weight is 440 g/mol. The number of carbonyl (C=O) groups is 2. The molecule has 6 heteroatoms. The van der Waals surface area contributed by atoms with Crippen LogP contribution < -0.4 is 9.05 Å². The van der Waals surface area contributed by atoms with Crippen molar-refractivity contribution in [3.8, 4) is 11.5 Å². The molecule has 156 valence electrons. The highest BCUT2D eigenvalue weighted by molar-refractivity contribution is 7.35. The Labute approximate surface area is 186 Å². The molecule has 0 unspecified atom stereocenters. The lowest BCUT2D eigenvalue weighted by atomic mass is 10.0. The lowest BCUT2D eigenvalue weighted by molar-refractivity contribution is 0.103. The highest BCUT2D eigenvalue weighted by Crippen LogP contribution is 2.31. The third-order valence-electron chi connectivity index (χ3n) is 4.68. The summed E-state index contributed by atoms with van der Waals surface area (Å²) in [6.07, 6.45) is 0. The van der Waals surface area contributed by atoms with Crippen LogP contribution in [0.2, 0.25) is 0 Å². The minimum atomic E-state index is -1.99. The van der Waals surface area contributed by atoms with E-state index in [0.717, 1.165) is 0 Å². The van der Waals surface area contributed by atoms with Gasteiger partial charge in [0.2, 0.25) is 0 Å². The smallest absolute Gasteiger partial charge is 0.289 e. The van der Waals surface area contributed by atoms with Crippen LogP contribution in [0.3, 0.4) is 0 Å². The average Bonchev–Trinajstić information content (AvgIpc) is 2.85. The number of carbonyl (C=O) groups excluding carboxylic acids is 2. The number of ketones is 2. The normalized spacial score (nSPS) is 10.2. The number of hydrogen-bond donors (Lipinski definition) is 1. The molecule has 4 aromatic rings. The van der Waals surface area contributed by atoms with E-state index >= 15 is 0 Å². The van der Waals surface area contributed by atoms with Gasteiger partial charge >= 0.3 is 8.17 Å². The summed E-state index contributed by atoms with van der Waals surface area (Å²) >= 11 is 0. The molecule has 0 spiro atoms. The third kappa shape index (κ3) is 5.15. The molecule has 0 aliphatic rings. The Morgan fingerprint density at radius 1 is 0.500 bits per heavy atom. The van der Waals surface area contributed by atoms with E-state index in [4.69, 9.17) is 14.2 Å². The molecule has 0 atom stereocenters. The molecule has 0 radical (unpaired) electrons. The van der Waals surface area contributed by atoms with Crippen molar-refractivity contribution in [1.29, 1.82) is 5.16 Å². The summed E-state index contributed by atoms with van der Waals surface area (Å²) < 4.78 is 11.1. The van der Waals surface area contributed by atoms with Gasteiger partial charge in [-0.25, -0.2) is 9.05 Å². The maximum Gasteiger partial charge on any atom is 0.664 e. The molecular formula is C26H19NO4P+. The van der Waals surface area contributed by atoms with Crippen molar-refractivity contribution in [2.45, 2.75) is 0 Å². The fraction of sp³-hybridized carbons (Fsp3) is 0. The molecule has 0 heterocycles. The number of benzene rings is 4. The second kappa shape index (κ2) is 9.82. The lowest BCUT2D eigenvalue weighted by Gasteiger charge is -2.02. The van der Waals surface area contributed by atoms with Crippen LogP contribution in [0.4, 0.5) is 0 Å². The number of rotatable bonds is 8. The van der Waals surface area contributed by atoms with E-state index in [-0.39, 0.29) is 11.6 Å². The lowest BCUT2D eigenvalue weighted by Crippen LogP contribution is -2.01. The van der Waals surface area contributed by atoms with Crippen molar-refractivity contribution in [2.24, 2.45) is 0 Å². The largest absolute Gasteiger partial charge is 0.664 e. The predicted molar refractivity (Wildman–Crippen MR) is 124 cm³/mol. The topological polar surface area (TPSA) is 76.4 Å². The van der Waals surface area contributed by atoms with Crippen LogP contribution in [0.5, 0.6) is 11.5 Å². The van der Waals surface area contributed by atoms with Gasteiger partial charge in [0, 0.05) is 22.3 Å². The fourth-order valence-corrected chi connectivity index (χ4v) is 3.72. The highest BCUT2D eigenvalue weighted by Gasteiger charge is 2.19. The molecule has 0 fully saturated rings. The molecule has 0 saturated carbocycles. The van der Waals surface area contributed by atoms with Gasteiger partial charge in [-0.2, -0.15) is 0 Å². The van der Waals surface area contributed by atoms with Gasteiger partial charge in [-0.15, -0.1) is 0 Å². The molecule has 4 aromatic carbocycles. The van der Waals surface area contributed by atoms with Crippen molar-refractivity contribution in [3.05, 3.63) is 131 Å². The fourth-order valence-electron chi connectivity index (χ4n) is 3.06. The Balaban J connectivity index is 1.35. The van der Waals surface area contributed by atoms with Crippen LogP contribution in [0.15, 0.2) is 109 Å². The first-order valence-corrected chi connectivity index (χ1v) is 11.0. The van der Waals surface area contributed by atoms with Gasteiger partial charge in [0.05, 0.1) is 0 Å². The second-order valence-electron chi connectivity index (χ2n) is 6.88. The Morgan fingerprint density at radius 3 is 1.16 bits per heavy atom. The van der Waals surface area contributed by atoms with Crippen LogP contribution in [-0.2, 0) is 0 Å². The molecule has 1 N–H and O–H groups in total. The molecule has 0 aliphatic carbocycles. The van der Waals surface area contributed by atoms with Gasteiger partial charge in [0.15, 0.2) is 23.1 Å². The Morgan fingerprint density at radius 2 is 0.812 bits per heavy atom. The Kier molecular flexibility index (Phi) is 6.49. The molecule has 4 rings (SSSR count). The number of nitrogens with one attached hydrogen (secondary N) is 1. The van der Waals surface area contributed by atoms with Crippen molar-refractivity contribution < 1.29 is 18.6 Å². The summed E-state index contributed by atoms with van der Waals surface area (Å²) in [7, 11) is -1.99. The van der Waals surface area contributed by atoms with E-state index in [0.29, 0.717) is 33.8 Å². The molecule has 32 heavy (non-hydrogen) atoms. The predicted octanol–water partition coefficient (Wildman–Crippen LogP) is 6.68. The van der Waals surface area contributed by atoms with Gasteiger partial charge < -0.3 is 0 Å². The number of hydrogen-bond acceptors (Lipinski definition) is 5. The quantitative estimate of drug-likeness (QED) is 0.245. The van der Waals surface area contributed by atoms with E-state index in [1.807, 2.05) is 36.4 Å². The summed E-state index contributed by atoms with van der Waals surface area (Å²) in [5.41, 5.74) is 2.30. The summed E-state index contributed by atoms with van der Waals surface area (Å²) in [5, 5.41) is 8.08. The zero-order chi connectivity index (χ0) is 22.3. The van der Waals surface area contributed by atoms with E-state index in [2.05, 4.69) is 0 Å². The van der Waals surface area contributed by atoms with Crippen LogP contribution >= 0.6 is 8.17 Å². The van der Waals surface area contributed by atoms with Crippen molar-refractivity contribution in [3.63, 3.8) is 0 Å². The molecule has 5 nitrogen and oxygen atoms in total. The maximum absolute atomic E-state index is 12.5. The van der Waals surface area contributed by atoms with Gasteiger partial charge in [-0.3, -0.25) is 9.59 Å². The first-order chi connectivity index (χ1) is 15.6. The molecule has 0 saturated heterocycles. The third-order valence-corrected chi connectivity index (χ3v) is 5.43. The van der Waals surface area contributed by atoms with Crippen molar-refractivity contribution >= 4 is 19.7 Å². The van der Waals surface area contributed by atoms with Gasteiger partial charge in [0.25, 0.3) is 0 Å². The first kappa shape index (κ1) is 21.2. The summed E-state index contributed by atoms with van der Waals surface area (Å²) in [4.78, 5) is 24.9. The zero-order valence-corrected chi connectivity index (χ0v) is 17.9. The maximum atomic E-state index is 12.5. The minimum Gasteiger partial charge on any atom is -0.289 e. The molecule has 0 amide bonds. The van der Waals surface area contributed by atoms with E-state index < -0.39 is 8.17 Å². The highest BCUT2D eigenvalue weighted by atomic mass is 31.1. The van der Waals surface area contributed by atoms with Crippen molar-refractivity contribution in [2.75, 3.05) is 0 Å².